The summed E-state index contributed by atoms with van der Waals surface area (Å²) in [6, 6.07) is 26.8. The van der Waals surface area contributed by atoms with Crippen LogP contribution in [0.25, 0.3) is 0 Å². The lowest BCUT2D eigenvalue weighted by molar-refractivity contribution is 0.255. The number of hydrogen-bond donors (Lipinski definition) is 1. The van der Waals surface area contributed by atoms with Gasteiger partial charge in [0.25, 0.3) is 0 Å². The Morgan fingerprint density at radius 3 is 1.79 bits per heavy atom. The van der Waals surface area contributed by atoms with Crippen molar-refractivity contribution in [1.82, 2.24) is 10.2 Å². The number of benzene rings is 3. The zero-order chi connectivity index (χ0) is 27.3. The zero-order valence-electron chi connectivity index (χ0n) is 24.3. The molecule has 3 aromatic carbocycles. The van der Waals surface area contributed by atoms with E-state index in [-0.39, 0.29) is 0 Å². The van der Waals surface area contributed by atoms with Crippen LogP contribution in [-0.4, -0.2) is 31.1 Å². The quantitative estimate of drug-likeness (QED) is 0.172. The fourth-order valence-electron chi connectivity index (χ4n) is 4.14. The van der Waals surface area contributed by atoms with Crippen LogP contribution in [0.15, 0.2) is 78.9 Å². The Morgan fingerprint density at radius 2 is 1.18 bits per heavy atom. The van der Waals surface area contributed by atoms with Gasteiger partial charge in [-0.2, -0.15) is 0 Å². The molecule has 1 N–H and O–H groups in total. The van der Waals surface area contributed by atoms with Gasteiger partial charge in [0.15, 0.2) is 11.5 Å². The molecule has 3 aromatic rings. The molecule has 0 saturated heterocycles. The van der Waals surface area contributed by atoms with Gasteiger partial charge in [-0.15, -0.1) is 0 Å². The van der Waals surface area contributed by atoms with Gasteiger partial charge in [-0.05, 0) is 54.8 Å². The Kier molecular flexibility index (Phi) is 16.7. The minimum Gasteiger partial charge on any atom is -0.485 e. The molecule has 38 heavy (non-hydrogen) atoms. The van der Waals surface area contributed by atoms with Gasteiger partial charge in [-0.3, -0.25) is 0 Å². The Labute approximate surface area is 232 Å². The van der Waals surface area contributed by atoms with Crippen molar-refractivity contribution in [2.24, 2.45) is 0 Å². The molecule has 0 aliphatic carbocycles. The molecule has 208 valence electrons. The molecule has 0 atom stereocenters. The Morgan fingerprint density at radius 1 is 0.605 bits per heavy atom. The number of nitrogens with one attached hydrogen (secondary N) is 1. The highest BCUT2D eigenvalue weighted by atomic mass is 16.5. The largest absolute Gasteiger partial charge is 0.485 e. The van der Waals surface area contributed by atoms with Gasteiger partial charge >= 0.3 is 0 Å². The third-order valence-corrected chi connectivity index (χ3v) is 6.32. The predicted molar refractivity (Wildman–Crippen MR) is 162 cm³/mol. The molecule has 0 amide bonds. The van der Waals surface area contributed by atoms with E-state index in [1.807, 2.05) is 56.3 Å². The van der Waals surface area contributed by atoms with Gasteiger partial charge in [0, 0.05) is 19.6 Å². The molecular weight excluding hydrogens is 468 g/mol. The highest BCUT2D eigenvalue weighted by Gasteiger charge is 2.09. The molecule has 0 radical (unpaired) electrons. The molecule has 0 heterocycles. The number of unbranched alkanes of at least 4 members (excludes halogenated alkanes) is 3. The normalized spacial score (nSPS) is 10.7. The van der Waals surface area contributed by atoms with Crippen molar-refractivity contribution in [2.75, 3.05) is 26.2 Å². The number of rotatable bonds is 18. The first-order valence-electron chi connectivity index (χ1n) is 14.7. The molecule has 4 nitrogen and oxygen atoms in total. The Balaban J connectivity index is 0.00000247. The minimum atomic E-state index is 0.517. The molecule has 0 fully saturated rings. The second-order valence-electron chi connectivity index (χ2n) is 9.41. The number of hydrogen-bond acceptors (Lipinski definition) is 4. The van der Waals surface area contributed by atoms with Crippen LogP contribution in [-0.2, 0) is 19.8 Å². The molecule has 0 aromatic heterocycles. The summed E-state index contributed by atoms with van der Waals surface area (Å²) in [7, 11) is 0. The van der Waals surface area contributed by atoms with Gasteiger partial charge in [0.2, 0.25) is 0 Å². The van der Waals surface area contributed by atoms with Crippen molar-refractivity contribution in [1.29, 1.82) is 0 Å². The smallest absolute Gasteiger partial charge is 0.162 e. The predicted octanol–water partition coefficient (Wildman–Crippen LogP) is 8.25. The lowest BCUT2D eigenvalue weighted by Gasteiger charge is -2.22. The standard InChI is InChI=1S/C32H44N2O2.C2H6/c1-3-5-13-22-34(21-6-4-2)23-20-33-25-30-18-19-31(35-26-28-14-9-7-10-15-28)32(24-30)36-27-29-16-11-8-12-17-29;1-2/h7-12,14-19,24,33H,3-6,13,20-23,25-27H2,1-2H3;1-2H3. The maximum absolute atomic E-state index is 6.24. The average molecular weight is 519 g/mol. The first-order valence-corrected chi connectivity index (χ1v) is 14.7. The first kappa shape index (κ1) is 31.4. The van der Waals surface area contributed by atoms with E-state index < -0.39 is 0 Å². The summed E-state index contributed by atoms with van der Waals surface area (Å²) < 4.78 is 12.4. The van der Waals surface area contributed by atoms with Gasteiger partial charge in [0.05, 0.1) is 0 Å². The van der Waals surface area contributed by atoms with E-state index in [0.29, 0.717) is 13.2 Å². The van der Waals surface area contributed by atoms with Crippen LogP contribution in [0.3, 0.4) is 0 Å². The molecule has 0 saturated carbocycles. The minimum absolute atomic E-state index is 0.517. The van der Waals surface area contributed by atoms with Crippen molar-refractivity contribution in [3.63, 3.8) is 0 Å². The molecule has 0 unspecified atom stereocenters. The monoisotopic (exact) mass is 518 g/mol. The van der Waals surface area contributed by atoms with Gasteiger partial charge in [-0.1, -0.05) is 114 Å². The van der Waals surface area contributed by atoms with Crippen LogP contribution in [0.1, 0.15) is 76.5 Å². The maximum Gasteiger partial charge on any atom is 0.162 e. The van der Waals surface area contributed by atoms with Gasteiger partial charge in [-0.25, -0.2) is 0 Å². The molecular formula is C34H50N2O2. The third-order valence-electron chi connectivity index (χ3n) is 6.32. The van der Waals surface area contributed by atoms with Crippen LogP contribution >= 0.6 is 0 Å². The average Bonchev–Trinajstić information content (AvgIpc) is 2.98. The summed E-state index contributed by atoms with van der Waals surface area (Å²) in [6.45, 7) is 14.9. The summed E-state index contributed by atoms with van der Waals surface area (Å²) in [5.74, 6) is 1.57. The van der Waals surface area contributed by atoms with E-state index in [9.17, 15) is 0 Å². The second kappa shape index (κ2) is 20.2. The number of nitrogens with zero attached hydrogens (tertiary/aromatic N) is 1. The summed E-state index contributed by atoms with van der Waals surface area (Å²) in [4.78, 5) is 2.61. The highest BCUT2D eigenvalue weighted by Crippen LogP contribution is 2.30. The fourth-order valence-corrected chi connectivity index (χ4v) is 4.14. The molecule has 0 spiro atoms. The van der Waals surface area contributed by atoms with Crippen LogP contribution in [0.4, 0.5) is 0 Å². The molecule has 3 rings (SSSR count). The van der Waals surface area contributed by atoms with Crippen LogP contribution in [0.2, 0.25) is 0 Å². The van der Waals surface area contributed by atoms with Gasteiger partial charge in [0.1, 0.15) is 13.2 Å². The van der Waals surface area contributed by atoms with E-state index in [1.54, 1.807) is 0 Å². The van der Waals surface area contributed by atoms with E-state index >= 15 is 0 Å². The molecule has 0 aliphatic rings. The first-order chi connectivity index (χ1) is 18.8. The van der Waals surface area contributed by atoms with Crippen LogP contribution < -0.4 is 14.8 Å². The summed E-state index contributed by atoms with van der Waals surface area (Å²) >= 11 is 0. The molecule has 0 aliphatic heterocycles. The van der Waals surface area contributed by atoms with Gasteiger partial charge < -0.3 is 19.7 Å². The highest BCUT2D eigenvalue weighted by molar-refractivity contribution is 5.43. The van der Waals surface area contributed by atoms with Crippen molar-refractivity contribution >= 4 is 0 Å². The second-order valence-corrected chi connectivity index (χ2v) is 9.41. The summed E-state index contributed by atoms with van der Waals surface area (Å²) in [6.07, 6.45) is 6.42. The van der Waals surface area contributed by atoms with E-state index in [4.69, 9.17) is 9.47 Å². The summed E-state index contributed by atoms with van der Waals surface area (Å²) in [5, 5.41) is 3.64. The molecule has 0 bridgehead atoms. The third kappa shape index (κ3) is 12.6. The van der Waals surface area contributed by atoms with Crippen LogP contribution in [0.5, 0.6) is 11.5 Å². The van der Waals surface area contributed by atoms with Crippen molar-refractivity contribution in [3.05, 3.63) is 95.6 Å². The zero-order valence-corrected chi connectivity index (χ0v) is 24.3. The SMILES string of the molecule is CC.CCCCCN(CCCC)CCNCc1ccc(OCc2ccccc2)c(OCc2ccccc2)c1. The van der Waals surface area contributed by atoms with E-state index in [1.165, 1.54) is 50.8 Å². The lowest BCUT2D eigenvalue weighted by Crippen LogP contribution is -2.33. The summed E-state index contributed by atoms with van der Waals surface area (Å²) in [5.41, 5.74) is 3.49. The van der Waals surface area contributed by atoms with E-state index in [0.717, 1.165) is 42.3 Å². The van der Waals surface area contributed by atoms with Crippen molar-refractivity contribution in [3.8, 4) is 11.5 Å². The lowest BCUT2D eigenvalue weighted by atomic mass is 10.2. The topological polar surface area (TPSA) is 33.7 Å². The maximum atomic E-state index is 6.24. The van der Waals surface area contributed by atoms with Crippen molar-refractivity contribution in [2.45, 2.75) is 79.6 Å². The van der Waals surface area contributed by atoms with Crippen molar-refractivity contribution < 1.29 is 9.47 Å². The number of ether oxygens (including phenoxy) is 2. The van der Waals surface area contributed by atoms with E-state index in [2.05, 4.69) is 60.5 Å². The van der Waals surface area contributed by atoms with Crippen LogP contribution in [0, 0.1) is 0 Å². The fraction of sp³-hybridized carbons (Fsp3) is 0.471. The Hall–Kier alpha value is -2.82. The Bertz CT molecular complexity index is 963. The molecule has 4 heteroatoms.